The molecule has 0 saturated heterocycles. The maximum atomic E-state index is 12.8. The predicted molar refractivity (Wildman–Crippen MR) is 76.5 cm³/mol. The number of rotatable bonds is 1. The van der Waals surface area contributed by atoms with E-state index in [4.69, 9.17) is 0 Å². The second-order valence-corrected chi connectivity index (χ2v) is 5.25. The summed E-state index contributed by atoms with van der Waals surface area (Å²) in [5.74, 6) is 0. The zero-order chi connectivity index (χ0) is 16.8. The van der Waals surface area contributed by atoms with Gasteiger partial charge in [-0.2, -0.15) is 13.2 Å². The quantitative estimate of drug-likeness (QED) is 0.812. The first kappa shape index (κ1) is 16.1. The highest BCUT2D eigenvalue weighted by Crippen LogP contribution is 2.27. The van der Waals surface area contributed by atoms with E-state index in [9.17, 15) is 22.8 Å². The van der Waals surface area contributed by atoms with Crippen molar-refractivity contribution in [3.05, 3.63) is 61.4 Å². The van der Waals surface area contributed by atoms with Crippen LogP contribution in [0, 0.1) is 20.8 Å². The lowest BCUT2D eigenvalue weighted by atomic mass is 10.0. The maximum Gasteiger partial charge on any atom is 0.431 e. The van der Waals surface area contributed by atoms with Crippen molar-refractivity contribution in [2.24, 2.45) is 7.05 Å². The van der Waals surface area contributed by atoms with Crippen molar-refractivity contribution in [1.82, 2.24) is 9.13 Å². The number of nitrogens with zero attached hydrogens (tertiary/aromatic N) is 2. The van der Waals surface area contributed by atoms with Gasteiger partial charge < -0.3 is 0 Å². The molecule has 0 amide bonds. The summed E-state index contributed by atoms with van der Waals surface area (Å²) >= 11 is 0. The minimum atomic E-state index is -4.76. The molecule has 0 atom stereocenters. The molecule has 22 heavy (non-hydrogen) atoms. The van der Waals surface area contributed by atoms with E-state index < -0.39 is 23.1 Å². The molecule has 0 bridgehead atoms. The van der Waals surface area contributed by atoms with Crippen molar-refractivity contribution in [2.75, 3.05) is 0 Å². The van der Waals surface area contributed by atoms with Gasteiger partial charge in [-0.3, -0.25) is 9.36 Å². The van der Waals surface area contributed by atoms with Crippen molar-refractivity contribution < 1.29 is 13.2 Å². The minimum Gasteiger partial charge on any atom is -0.292 e. The van der Waals surface area contributed by atoms with Gasteiger partial charge in [0.15, 0.2) is 0 Å². The van der Waals surface area contributed by atoms with Crippen molar-refractivity contribution >= 4 is 0 Å². The second-order valence-electron chi connectivity index (χ2n) is 5.25. The Morgan fingerprint density at radius 2 is 1.45 bits per heavy atom. The highest BCUT2D eigenvalue weighted by Gasteiger charge is 2.35. The number of benzene rings is 1. The molecule has 0 saturated carbocycles. The Morgan fingerprint density at radius 3 is 1.91 bits per heavy atom. The molecule has 2 aromatic rings. The van der Waals surface area contributed by atoms with Gasteiger partial charge >= 0.3 is 11.9 Å². The van der Waals surface area contributed by atoms with Crippen LogP contribution in [0.1, 0.15) is 22.4 Å². The van der Waals surface area contributed by atoms with Gasteiger partial charge in [0.05, 0.1) is 5.69 Å². The summed E-state index contributed by atoms with van der Waals surface area (Å²) in [5.41, 5.74) is -0.326. The van der Waals surface area contributed by atoms with Crippen LogP contribution in [-0.2, 0) is 13.2 Å². The third-order valence-electron chi connectivity index (χ3n) is 3.78. The largest absolute Gasteiger partial charge is 0.431 e. The van der Waals surface area contributed by atoms with Crippen LogP contribution >= 0.6 is 0 Å². The fourth-order valence-corrected chi connectivity index (χ4v) is 2.28. The molecule has 4 nitrogen and oxygen atoms in total. The molecular formula is C15H15F3N2O2. The Labute approximate surface area is 124 Å². The molecule has 0 N–H and O–H groups in total. The number of hydrogen-bond acceptors (Lipinski definition) is 2. The molecule has 0 aliphatic rings. The van der Waals surface area contributed by atoms with Crippen molar-refractivity contribution in [2.45, 2.75) is 26.9 Å². The summed E-state index contributed by atoms with van der Waals surface area (Å²) < 4.78 is 39.6. The minimum absolute atomic E-state index is 0.264. The third kappa shape index (κ3) is 2.58. The normalized spacial score (nSPS) is 11.8. The fourth-order valence-electron chi connectivity index (χ4n) is 2.28. The third-order valence-corrected chi connectivity index (χ3v) is 3.78. The zero-order valence-electron chi connectivity index (χ0n) is 12.6. The molecule has 0 radical (unpaired) electrons. The average molecular weight is 312 g/mol. The van der Waals surface area contributed by atoms with Gasteiger partial charge in [0.2, 0.25) is 0 Å². The molecule has 118 valence electrons. The van der Waals surface area contributed by atoms with Crippen molar-refractivity contribution in [3.8, 4) is 5.69 Å². The summed E-state index contributed by atoms with van der Waals surface area (Å²) in [5, 5.41) is 0. The number of alkyl halides is 3. The van der Waals surface area contributed by atoms with Gasteiger partial charge in [-0.15, -0.1) is 0 Å². The van der Waals surface area contributed by atoms with E-state index in [-0.39, 0.29) is 5.69 Å². The standard InChI is InChI=1S/C15H15F3N2O2/c1-8-5-11(6-9(2)10(8)3)20-13(21)7-12(15(16,17)18)19(4)14(20)22/h5-7H,1-4H3. The van der Waals surface area contributed by atoms with Gasteiger partial charge in [-0.1, -0.05) is 0 Å². The summed E-state index contributed by atoms with van der Waals surface area (Å²) in [6.07, 6.45) is -4.76. The molecule has 1 aromatic heterocycles. The van der Waals surface area contributed by atoms with Crippen LogP contribution in [0.5, 0.6) is 0 Å². The van der Waals surface area contributed by atoms with E-state index in [1.165, 1.54) is 0 Å². The van der Waals surface area contributed by atoms with Crippen LogP contribution < -0.4 is 11.2 Å². The van der Waals surface area contributed by atoms with Crippen LogP contribution in [0.4, 0.5) is 13.2 Å². The zero-order valence-corrected chi connectivity index (χ0v) is 12.6. The van der Waals surface area contributed by atoms with Crippen LogP contribution in [0.25, 0.3) is 5.69 Å². The summed E-state index contributed by atoms with van der Waals surface area (Å²) in [6, 6.07) is 3.66. The molecule has 0 aliphatic heterocycles. The van der Waals surface area contributed by atoms with E-state index in [0.717, 1.165) is 28.3 Å². The van der Waals surface area contributed by atoms with E-state index in [1.807, 2.05) is 20.8 Å². The van der Waals surface area contributed by atoms with E-state index >= 15 is 0 Å². The first-order valence-corrected chi connectivity index (χ1v) is 6.52. The number of halogens is 3. The van der Waals surface area contributed by atoms with Crippen LogP contribution in [-0.4, -0.2) is 9.13 Å². The van der Waals surface area contributed by atoms with Gasteiger partial charge in [0.1, 0.15) is 5.69 Å². The van der Waals surface area contributed by atoms with E-state index in [2.05, 4.69) is 0 Å². The highest BCUT2D eigenvalue weighted by molar-refractivity contribution is 5.44. The average Bonchev–Trinajstić information content (AvgIpc) is 2.39. The molecule has 0 fully saturated rings. The van der Waals surface area contributed by atoms with Gasteiger partial charge in [0.25, 0.3) is 5.56 Å². The molecule has 0 aliphatic carbocycles. The highest BCUT2D eigenvalue weighted by atomic mass is 19.4. The van der Waals surface area contributed by atoms with Crippen LogP contribution in [0.2, 0.25) is 0 Å². The van der Waals surface area contributed by atoms with Gasteiger partial charge in [-0.05, 0) is 49.6 Å². The number of aryl methyl sites for hydroxylation is 2. The Bertz CT molecular complexity index is 838. The Kier molecular flexibility index (Phi) is 3.76. The first-order chi connectivity index (χ1) is 10.0. The number of aromatic nitrogens is 2. The summed E-state index contributed by atoms with van der Waals surface area (Å²) in [4.78, 5) is 24.2. The summed E-state index contributed by atoms with van der Waals surface area (Å²) in [6.45, 7) is 5.51. The van der Waals surface area contributed by atoms with Crippen molar-refractivity contribution in [1.29, 1.82) is 0 Å². The smallest absolute Gasteiger partial charge is 0.292 e. The predicted octanol–water partition coefficient (Wildman–Crippen LogP) is 2.48. The number of hydrogen-bond donors (Lipinski definition) is 0. The molecule has 1 heterocycles. The molecule has 7 heteroatoms. The molecular weight excluding hydrogens is 297 g/mol. The Balaban J connectivity index is 2.82. The van der Waals surface area contributed by atoms with E-state index in [0.29, 0.717) is 10.6 Å². The van der Waals surface area contributed by atoms with Crippen molar-refractivity contribution in [3.63, 3.8) is 0 Å². The Morgan fingerprint density at radius 1 is 0.955 bits per heavy atom. The second kappa shape index (κ2) is 5.15. The molecule has 2 rings (SSSR count). The molecule has 0 unspecified atom stereocenters. The fraction of sp³-hybridized carbons (Fsp3) is 0.333. The Hall–Kier alpha value is -2.31. The first-order valence-electron chi connectivity index (χ1n) is 6.52. The molecule has 1 aromatic carbocycles. The van der Waals surface area contributed by atoms with Gasteiger partial charge in [-0.25, -0.2) is 9.36 Å². The van der Waals surface area contributed by atoms with E-state index in [1.54, 1.807) is 12.1 Å². The lowest BCUT2D eigenvalue weighted by Gasteiger charge is -2.15. The van der Waals surface area contributed by atoms with Crippen LogP contribution in [0.15, 0.2) is 27.8 Å². The summed E-state index contributed by atoms with van der Waals surface area (Å²) in [7, 11) is 0.995. The molecule has 0 spiro atoms. The van der Waals surface area contributed by atoms with Gasteiger partial charge in [0, 0.05) is 13.1 Å². The topological polar surface area (TPSA) is 44.0 Å². The maximum absolute atomic E-state index is 12.8. The lowest BCUT2D eigenvalue weighted by molar-refractivity contribution is -0.144. The lowest BCUT2D eigenvalue weighted by Crippen LogP contribution is -2.40. The van der Waals surface area contributed by atoms with Crippen LogP contribution in [0.3, 0.4) is 0 Å². The monoisotopic (exact) mass is 312 g/mol. The SMILES string of the molecule is Cc1cc(-n2c(=O)cc(C(F)(F)F)n(C)c2=O)cc(C)c1C.